The predicted octanol–water partition coefficient (Wildman–Crippen LogP) is 5.02. The number of hydrogen-bond acceptors (Lipinski definition) is 4. The van der Waals surface area contributed by atoms with Gasteiger partial charge < -0.3 is 9.73 Å². The molecule has 3 aromatic rings. The van der Waals surface area contributed by atoms with Gasteiger partial charge in [-0.05, 0) is 36.8 Å². The number of furan rings is 1. The molecule has 1 aliphatic rings. The van der Waals surface area contributed by atoms with Crippen molar-refractivity contribution in [3.05, 3.63) is 64.9 Å². The van der Waals surface area contributed by atoms with E-state index in [-0.39, 0.29) is 22.2 Å². The first kappa shape index (κ1) is 20.0. The summed E-state index contributed by atoms with van der Waals surface area (Å²) in [7, 11) is -3.70. The Hall–Kier alpha value is -1.79. The van der Waals surface area contributed by atoms with E-state index >= 15 is 0 Å². The fraction of sp³-hybridized carbons (Fsp3) is 0.200. The van der Waals surface area contributed by atoms with E-state index in [1.165, 1.54) is 6.07 Å². The fourth-order valence-corrected chi connectivity index (χ4v) is 4.94. The number of rotatable bonds is 3. The highest BCUT2D eigenvalue weighted by Crippen LogP contribution is 2.36. The Morgan fingerprint density at radius 1 is 1.22 bits per heavy atom. The van der Waals surface area contributed by atoms with E-state index in [1.54, 1.807) is 24.3 Å². The highest BCUT2D eigenvalue weighted by atomic mass is 35.5. The van der Waals surface area contributed by atoms with Gasteiger partial charge in [-0.15, -0.1) is 12.4 Å². The highest BCUT2D eigenvalue weighted by molar-refractivity contribution is 7.91. The molecule has 0 unspecified atom stereocenters. The molecule has 27 heavy (non-hydrogen) atoms. The lowest BCUT2D eigenvalue weighted by Gasteiger charge is -2.11. The molecule has 0 saturated carbocycles. The highest BCUT2D eigenvalue weighted by Gasteiger charge is 2.24. The summed E-state index contributed by atoms with van der Waals surface area (Å²) in [6, 6.07) is 9.93. The molecule has 0 bridgehead atoms. The van der Waals surface area contributed by atoms with Crippen LogP contribution in [0.4, 0.5) is 0 Å². The first-order valence-corrected chi connectivity index (χ1v) is 10.2. The quantitative estimate of drug-likeness (QED) is 0.642. The molecule has 142 valence electrons. The molecule has 1 aromatic heterocycles. The molecule has 0 radical (unpaired) electrons. The number of nitrogens with one attached hydrogen (secondary N) is 1. The van der Waals surface area contributed by atoms with Gasteiger partial charge in [-0.25, -0.2) is 8.42 Å². The minimum atomic E-state index is -3.70. The van der Waals surface area contributed by atoms with Crippen molar-refractivity contribution in [3.63, 3.8) is 0 Å². The van der Waals surface area contributed by atoms with Crippen molar-refractivity contribution in [2.45, 2.75) is 29.7 Å². The Kier molecular flexibility index (Phi) is 5.41. The molecular formula is C20H19Cl2NO3S. The summed E-state index contributed by atoms with van der Waals surface area (Å²) in [6.07, 6.45) is 0.767. The zero-order valence-corrected chi connectivity index (χ0v) is 17.1. The minimum absolute atomic E-state index is 0. The van der Waals surface area contributed by atoms with Crippen molar-refractivity contribution in [2.24, 2.45) is 0 Å². The van der Waals surface area contributed by atoms with Crippen LogP contribution in [0.25, 0.3) is 16.5 Å². The van der Waals surface area contributed by atoms with Gasteiger partial charge in [0.05, 0.1) is 14.8 Å². The van der Waals surface area contributed by atoms with Crippen LogP contribution in [0, 0.1) is 0 Å². The fourth-order valence-electron chi connectivity index (χ4n) is 3.26. The van der Waals surface area contributed by atoms with Crippen molar-refractivity contribution < 1.29 is 12.8 Å². The van der Waals surface area contributed by atoms with Crippen molar-refractivity contribution in [2.75, 3.05) is 6.54 Å². The first-order chi connectivity index (χ1) is 12.4. The molecule has 0 atom stereocenters. The van der Waals surface area contributed by atoms with Crippen LogP contribution in [0.15, 0.2) is 57.2 Å². The van der Waals surface area contributed by atoms with E-state index < -0.39 is 9.84 Å². The number of hydrogen-bond donors (Lipinski definition) is 1. The molecule has 2 heterocycles. The van der Waals surface area contributed by atoms with Crippen LogP contribution < -0.4 is 5.32 Å². The maximum absolute atomic E-state index is 13.2. The number of halogens is 2. The van der Waals surface area contributed by atoms with Gasteiger partial charge in [0.15, 0.2) is 5.58 Å². The van der Waals surface area contributed by atoms with E-state index in [2.05, 4.69) is 11.9 Å². The topological polar surface area (TPSA) is 59.3 Å². The van der Waals surface area contributed by atoms with Crippen LogP contribution in [0.5, 0.6) is 0 Å². The monoisotopic (exact) mass is 423 g/mol. The third-order valence-electron chi connectivity index (χ3n) is 4.68. The molecule has 0 saturated heterocycles. The van der Waals surface area contributed by atoms with E-state index in [9.17, 15) is 8.42 Å². The van der Waals surface area contributed by atoms with Crippen LogP contribution in [0.2, 0.25) is 5.02 Å². The minimum Gasteiger partial charge on any atom is -0.459 e. The van der Waals surface area contributed by atoms with Gasteiger partial charge in [-0.3, -0.25) is 0 Å². The van der Waals surface area contributed by atoms with Crippen LogP contribution in [-0.2, 0) is 22.8 Å². The van der Waals surface area contributed by atoms with Gasteiger partial charge in [0.25, 0.3) is 0 Å². The average Bonchev–Trinajstić information content (AvgIpc) is 3.01. The van der Waals surface area contributed by atoms with E-state index in [4.69, 9.17) is 16.0 Å². The Morgan fingerprint density at radius 3 is 2.74 bits per heavy atom. The zero-order chi connectivity index (χ0) is 18.5. The summed E-state index contributed by atoms with van der Waals surface area (Å²) >= 11 is 6.36. The number of allylic oxidation sites excluding steroid dienone is 1. The van der Waals surface area contributed by atoms with E-state index in [1.807, 2.05) is 13.0 Å². The third kappa shape index (κ3) is 3.41. The Bertz CT molecular complexity index is 1150. The van der Waals surface area contributed by atoms with E-state index in [0.29, 0.717) is 17.2 Å². The Labute approximate surface area is 169 Å². The lowest BCUT2D eigenvalue weighted by Crippen LogP contribution is -2.22. The summed E-state index contributed by atoms with van der Waals surface area (Å²) < 4.78 is 32.2. The van der Waals surface area contributed by atoms with Crippen LogP contribution in [-0.4, -0.2) is 15.0 Å². The third-order valence-corrected chi connectivity index (χ3v) is 6.69. The molecule has 4 rings (SSSR count). The van der Waals surface area contributed by atoms with Gasteiger partial charge in [-0.1, -0.05) is 35.9 Å². The van der Waals surface area contributed by atoms with Gasteiger partial charge in [0.1, 0.15) is 5.76 Å². The summed E-state index contributed by atoms with van der Waals surface area (Å²) in [5.41, 5.74) is 3.14. The SMILES string of the molecule is C=C(C)c1cccc(S(=O)(=O)c2cc(Cl)c3oc4c(c3c2)CNCC4)c1.Cl. The maximum atomic E-state index is 13.2. The molecular weight excluding hydrogens is 405 g/mol. The van der Waals surface area contributed by atoms with Crippen LogP contribution in [0.3, 0.4) is 0 Å². The second-order valence-electron chi connectivity index (χ2n) is 6.52. The lowest BCUT2D eigenvalue weighted by molar-refractivity contribution is 0.500. The van der Waals surface area contributed by atoms with Crippen LogP contribution in [0.1, 0.15) is 23.8 Å². The molecule has 0 amide bonds. The summed E-state index contributed by atoms with van der Waals surface area (Å²) in [5.74, 6) is 0.875. The normalized spacial score (nSPS) is 13.9. The molecule has 0 aliphatic carbocycles. The predicted molar refractivity (Wildman–Crippen MR) is 110 cm³/mol. The molecule has 0 fully saturated rings. The summed E-state index contributed by atoms with van der Waals surface area (Å²) in [4.78, 5) is 0.395. The number of fused-ring (bicyclic) bond motifs is 3. The molecule has 2 aromatic carbocycles. The summed E-state index contributed by atoms with van der Waals surface area (Å²) in [5, 5.41) is 4.36. The Balaban J connectivity index is 0.00000210. The summed E-state index contributed by atoms with van der Waals surface area (Å²) in [6.45, 7) is 7.21. The smallest absolute Gasteiger partial charge is 0.206 e. The second kappa shape index (κ2) is 7.32. The molecule has 0 spiro atoms. The van der Waals surface area contributed by atoms with Crippen molar-refractivity contribution >= 4 is 50.4 Å². The molecule has 1 aliphatic heterocycles. The standard InChI is InChI=1S/C20H18ClNO3S.ClH/c1-12(2)13-4-3-5-14(8-13)26(23,24)15-9-16-17-11-22-7-6-19(17)25-20(16)18(21)10-15;/h3-5,8-10,22H,1,6-7,11H2,2H3;1H. The first-order valence-electron chi connectivity index (χ1n) is 8.33. The van der Waals surface area contributed by atoms with Gasteiger partial charge in [0, 0.05) is 30.5 Å². The molecule has 4 nitrogen and oxygen atoms in total. The van der Waals surface area contributed by atoms with Crippen molar-refractivity contribution in [1.82, 2.24) is 5.32 Å². The average molecular weight is 424 g/mol. The number of benzene rings is 2. The second-order valence-corrected chi connectivity index (χ2v) is 8.88. The van der Waals surface area contributed by atoms with Crippen LogP contribution >= 0.6 is 24.0 Å². The molecule has 1 N–H and O–H groups in total. The van der Waals surface area contributed by atoms with Gasteiger partial charge in [-0.2, -0.15) is 0 Å². The van der Waals surface area contributed by atoms with Crippen molar-refractivity contribution in [1.29, 1.82) is 0 Å². The van der Waals surface area contributed by atoms with E-state index in [0.717, 1.165) is 40.8 Å². The van der Waals surface area contributed by atoms with Crippen molar-refractivity contribution in [3.8, 4) is 0 Å². The zero-order valence-electron chi connectivity index (χ0n) is 14.7. The van der Waals surface area contributed by atoms with Gasteiger partial charge in [0.2, 0.25) is 9.84 Å². The number of sulfone groups is 1. The maximum Gasteiger partial charge on any atom is 0.206 e. The van der Waals surface area contributed by atoms with Gasteiger partial charge >= 0.3 is 0 Å². The molecule has 7 heteroatoms. The largest absolute Gasteiger partial charge is 0.459 e. The lowest BCUT2D eigenvalue weighted by atomic mass is 10.1. The Morgan fingerprint density at radius 2 is 2.00 bits per heavy atom.